The zero-order valence-electron chi connectivity index (χ0n) is 40.9. The first-order chi connectivity index (χ1) is 29.4. The Hall–Kier alpha value is -1.59. The zero-order chi connectivity index (χ0) is 43.8. The van der Waals surface area contributed by atoms with E-state index in [-0.39, 0.29) is 31.1 Å². The van der Waals surface area contributed by atoms with Crippen molar-refractivity contribution in [2.24, 2.45) is 5.92 Å². The summed E-state index contributed by atoms with van der Waals surface area (Å²) in [6.07, 6.45) is 50.8. The molecule has 6 heteroatoms. The Bertz CT molecular complexity index is 903. The van der Waals surface area contributed by atoms with Crippen LogP contribution in [0.2, 0.25) is 0 Å². The van der Waals surface area contributed by atoms with Crippen molar-refractivity contribution < 1.29 is 28.6 Å². The number of carbonyl (C=O) groups excluding carboxylic acids is 3. The van der Waals surface area contributed by atoms with Crippen LogP contribution in [0.15, 0.2) is 0 Å². The molecule has 0 unspecified atom stereocenters. The summed E-state index contributed by atoms with van der Waals surface area (Å²) in [6.45, 7) is 9.03. The lowest BCUT2D eigenvalue weighted by molar-refractivity contribution is -0.167. The topological polar surface area (TPSA) is 78.9 Å². The van der Waals surface area contributed by atoms with Gasteiger partial charge in [0.15, 0.2) is 6.10 Å². The molecule has 0 aromatic heterocycles. The molecule has 0 N–H and O–H groups in total. The summed E-state index contributed by atoms with van der Waals surface area (Å²) in [7, 11) is 0. The molecule has 6 nitrogen and oxygen atoms in total. The van der Waals surface area contributed by atoms with Gasteiger partial charge in [-0.15, -0.1) is 0 Å². The highest BCUT2D eigenvalue weighted by Gasteiger charge is 2.19. The summed E-state index contributed by atoms with van der Waals surface area (Å²) in [5.41, 5.74) is 0. The van der Waals surface area contributed by atoms with Crippen molar-refractivity contribution in [1.29, 1.82) is 0 Å². The van der Waals surface area contributed by atoms with Crippen molar-refractivity contribution in [3.63, 3.8) is 0 Å². The fourth-order valence-corrected chi connectivity index (χ4v) is 8.22. The van der Waals surface area contributed by atoms with Gasteiger partial charge in [0.1, 0.15) is 13.2 Å². The molecule has 0 saturated carbocycles. The van der Waals surface area contributed by atoms with E-state index in [9.17, 15) is 14.4 Å². The maximum atomic E-state index is 12.8. The molecule has 356 valence electrons. The molecule has 0 rings (SSSR count). The van der Waals surface area contributed by atoms with Crippen molar-refractivity contribution in [2.45, 2.75) is 310 Å². The molecule has 0 heterocycles. The quantitative estimate of drug-likeness (QED) is 0.0345. The lowest BCUT2D eigenvalue weighted by Crippen LogP contribution is -2.30. The van der Waals surface area contributed by atoms with Crippen LogP contribution in [-0.2, 0) is 28.6 Å². The van der Waals surface area contributed by atoms with Crippen LogP contribution in [0.3, 0.4) is 0 Å². The van der Waals surface area contributed by atoms with Gasteiger partial charge in [0.25, 0.3) is 0 Å². The molecule has 0 aromatic carbocycles. The maximum Gasteiger partial charge on any atom is 0.306 e. The van der Waals surface area contributed by atoms with Crippen LogP contribution >= 0.6 is 0 Å². The minimum Gasteiger partial charge on any atom is -0.462 e. The maximum absolute atomic E-state index is 12.8. The lowest BCUT2D eigenvalue weighted by Gasteiger charge is -2.18. The third kappa shape index (κ3) is 47.5. The van der Waals surface area contributed by atoms with Gasteiger partial charge in [-0.2, -0.15) is 0 Å². The van der Waals surface area contributed by atoms with Crippen molar-refractivity contribution in [3.05, 3.63) is 0 Å². The second-order valence-corrected chi connectivity index (χ2v) is 19.0. The summed E-state index contributed by atoms with van der Waals surface area (Å²) in [5, 5.41) is 0. The van der Waals surface area contributed by atoms with Gasteiger partial charge in [-0.05, 0) is 25.2 Å². The smallest absolute Gasteiger partial charge is 0.306 e. The van der Waals surface area contributed by atoms with Gasteiger partial charge in [-0.1, -0.05) is 265 Å². The Morgan fingerprint density at radius 1 is 0.317 bits per heavy atom. The molecule has 0 aromatic rings. The summed E-state index contributed by atoms with van der Waals surface area (Å²) in [4.78, 5) is 38.0. The molecule has 0 saturated heterocycles. The molecule has 0 bridgehead atoms. The van der Waals surface area contributed by atoms with E-state index >= 15 is 0 Å². The standard InChI is InChI=1S/C54H104O6/c1-5-7-9-11-13-15-17-19-20-21-22-26-31-35-39-43-47-54(57)60-51(48-58-52(55)45-41-37-33-29-25-18-16-14-12-10-8-6-2)49-59-53(56)46-42-38-34-30-27-23-24-28-32-36-40-44-50(3)4/h50-51H,5-49H2,1-4H3/t51-/m0/s1. The minimum atomic E-state index is -0.761. The fourth-order valence-electron chi connectivity index (χ4n) is 8.22. The summed E-state index contributed by atoms with van der Waals surface area (Å²) >= 11 is 0. The second kappa shape index (κ2) is 48.4. The minimum absolute atomic E-state index is 0.0625. The Morgan fingerprint density at radius 3 is 0.817 bits per heavy atom. The van der Waals surface area contributed by atoms with Crippen molar-refractivity contribution in [1.82, 2.24) is 0 Å². The average molecular weight is 849 g/mol. The van der Waals surface area contributed by atoms with Gasteiger partial charge in [0.05, 0.1) is 0 Å². The van der Waals surface area contributed by atoms with Crippen LogP contribution in [0.1, 0.15) is 304 Å². The second-order valence-electron chi connectivity index (χ2n) is 19.0. The van der Waals surface area contributed by atoms with Crippen molar-refractivity contribution in [2.75, 3.05) is 13.2 Å². The van der Waals surface area contributed by atoms with Gasteiger partial charge >= 0.3 is 17.9 Å². The summed E-state index contributed by atoms with van der Waals surface area (Å²) in [5.74, 6) is -0.0145. The third-order valence-electron chi connectivity index (χ3n) is 12.3. The predicted octanol–water partition coefficient (Wildman–Crippen LogP) is 17.5. The Balaban J connectivity index is 4.30. The number of esters is 3. The van der Waals surface area contributed by atoms with Crippen LogP contribution in [0.25, 0.3) is 0 Å². The van der Waals surface area contributed by atoms with Crippen LogP contribution in [0.5, 0.6) is 0 Å². The molecule has 0 fully saturated rings. The molecule has 0 spiro atoms. The molecule has 0 aliphatic heterocycles. The highest BCUT2D eigenvalue weighted by atomic mass is 16.6. The first-order valence-electron chi connectivity index (χ1n) is 26.9. The molecule has 0 amide bonds. The Morgan fingerprint density at radius 2 is 0.550 bits per heavy atom. The monoisotopic (exact) mass is 849 g/mol. The first kappa shape index (κ1) is 58.4. The first-order valence-corrected chi connectivity index (χ1v) is 26.9. The number of hydrogen-bond donors (Lipinski definition) is 0. The van der Waals surface area contributed by atoms with Crippen LogP contribution < -0.4 is 0 Å². The summed E-state index contributed by atoms with van der Waals surface area (Å²) in [6, 6.07) is 0. The van der Waals surface area contributed by atoms with E-state index in [1.54, 1.807) is 0 Å². The molecular formula is C54H104O6. The zero-order valence-corrected chi connectivity index (χ0v) is 40.9. The Kier molecular flexibility index (Phi) is 47.2. The van der Waals surface area contributed by atoms with E-state index in [4.69, 9.17) is 14.2 Å². The highest BCUT2D eigenvalue weighted by Crippen LogP contribution is 2.17. The molecule has 1 atom stereocenters. The van der Waals surface area contributed by atoms with Gasteiger partial charge in [-0.25, -0.2) is 0 Å². The average Bonchev–Trinajstić information content (AvgIpc) is 3.23. The number of carbonyl (C=O) groups is 3. The number of unbranched alkanes of at least 4 members (excludes halogenated alkanes) is 36. The van der Waals surface area contributed by atoms with Crippen LogP contribution in [-0.4, -0.2) is 37.2 Å². The Labute approximate surface area is 374 Å². The van der Waals surface area contributed by atoms with Gasteiger partial charge in [0.2, 0.25) is 0 Å². The number of rotatable bonds is 49. The SMILES string of the molecule is CCCCCCCCCCCCCCCCCCC(=O)O[C@@H](COC(=O)CCCCCCCCCCCCCC)COC(=O)CCCCCCCCCCCCCC(C)C. The van der Waals surface area contributed by atoms with E-state index in [1.165, 1.54) is 199 Å². The lowest BCUT2D eigenvalue weighted by atomic mass is 10.0. The molecule has 0 aliphatic rings. The molecule has 0 aliphatic carbocycles. The van der Waals surface area contributed by atoms with E-state index in [1.807, 2.05) is 0 Å². The van der Waals surface area contributed by atoms with E-state index < -0.39 is 6.10 Å². The van der Waals surface area contributed by atoms with Gasteiger partial charge in [-0.3, -0.25) is 14.4 Å². The predicted molar refractivity (Wildman–Crippen MR) is 257 cm³/mol. The van der Waals surface area contributed by atoms with E-state index in [0.29, 0.717) is 19.3 Å². The fraction of sp³-hybridized carbons (Fsp3) is 0.944. The highest BCUT2D eigenvalue weighted by molar-refractivity contribution is 5.71. The van der Waals surface area contributed by atoms with Crippen LogP contribution in [0.4, 0.5) is 0 Å². The molecule has 60 heavy (non-hydrogen) atoms. The summed E-state index contributed by atoms with van der Waals surface area (Å²) < 4.78 is 16.8. The van der Waals surface area contributed by atoms with Gasteiger partial charge in [0, 0.05) is 19.3 Å². The van der Waals surface area contributed by atoms with E-state index in [0.717, 1.165) is 63.7 Å². The molecule has 0 radical (unpaired) electrons. The van der Waals surface area contributed by atoms with Gasteiger partial charge < -0.3 is 14.2 Å². The van der Waals surface area contributed by atoms with Crippen molar-refractivity contribution >= 4 is 17.9 Å². The third-order valence-corrected chi connectivity index (χ3v) is 12.3. The van der Waals surface area contributed by atoms with Crippen LogP contribution in [0, 0.1) is 5.92 Å². The van der Waals surface area contributed by atoms with Crippen molar-refractivity contribution in [3.8, 4) is 0 Å². The largest absolute Gasteiger partial charge is 0.462 e. The number of hydrogen-bond acceptors (Lipinski definition) is 6. The normalized spacial score (nSPS) is 11.9. The molecular weight excluding hydrogens is 745 g/mol. The number of ether oxygens (including phenoxy) is 3. The van der Waals surface area contributed by atoms with E-state index in [2.05, 4.69) is 27.7 Å².